The molecule has 3 aromatic rings. The number of hydrogen-bond donors (Lipinski definition) is 4. The van der Waals surface area contributed by atoms with Crippen LogP contribution in [0.15, 0.2) is 36.8 Å². The van der Waals surface area contributed by atoms with E-state index in [0.29, 0.717) is 16.9 Å². The van der Waals surface area contributed by atoms with Gasteiger partial charge < -0.3 is 20.3 Å². The number of nitrogens with zero attached hydrogens (tertiary/aromatic N) is 4. The molecule has 1 aliphatic carbocycles. The molecule has 0 amide bonds. The maximum Gasteiger partial charge on any atom is 0.333 e. The molecule has 0 bridgehead atoms. The molecule has 0 spiro atoms. The molecule has 2 aliphatic rings. The van der Waals surface area contributed by atoms with Crippen LogP contribution >= 0.6 is 0 Å². The minimum atomic E-state index is -4.22. The van der Waals surface area contributed by atoms with Gasteiger partial charge in [-0.3, -0.25) is 8.75 Å². The normalized spacial score (nSPS) is 27.7. The minimum absolute atomic E-state index is 0.0751. The van der Waals surface area contributed by atoms with Gasteiger partial charge in [-0.1, -0.05) is 24.3 Å². The second-order valence-electron chi connectivity index (χ2n) is 7.84. The summed E-state index contributed by atoms with van der Waals surface area (Å²) in [5.74, 6) is 0.491. The Hall–Kier alpha value is -2.68. The standard InChI is InChI=1S/C19H22N6O6S/c20-32(28,29)30-8-14-16(26)17(27)19(31-14)25-9-21-15-13(25)7-22-24-18(15)23-12-6-5-10-3-1-2-4-11(10)12/h1-4,7,9,12,14,16-17,19,26-27H,5-6,8H2,(H,23,24)(H2,20,28,29)/t12-,14+,16+,17+,19+/m0/s1. The summed E-state index contributed by atoms with van der Waals surface area (Å²) in [6.07, 6.45) is -0.0671. The first-order valence-electron chi connectivity index (χ1n) is 10.0. The summed E-state index contributed by atoms with van der Waals surface area (Å²) >= 11 is 0. The van der Waals surface area contributed by atoms with E-state index in [0.717, 1.165) is 12.8 Å². The first-order valence-corrected chi connectivity index (χ1v) is 11.5. The van der Waals surface area contributed by atoms with Gasteiger partial charge in [0.2, 0.25) is 0 Å². The molecular formula is C19H22N6O6S. The fourth-order valence-corrected chi connectivity index (χ4v) is 4.62. The molecule has 1 fully saturated rings. The Bertz CT molecular complexity index is 1250. The summed E-state index contributed by atoms with van der Waals surface area (Å²) in [5, 5.41) is 37.2. The maximum atomic E-state index is 11.0. The third-order valence-electron chi connectivity index (χ3n) is 5.85. The molecule has 5 atom stereocenters. The van der Waals surface area contributed by atoms with E-state index in [2.05, 4.69) is 36.8 Å². The molecule has 5 rings (SSSR count). The highest BCUT2D eigenvalue weighted by molar-refractivity contribution is 7.84. The number of ether oxygens (including phenoxy) is 1. The molecular weight excluding hydrogens is 440 g/mol. The second kappa shape index (κ2) is 8.03. The average molecular weight is 462 g/mol. The molecule has 1 aliphatic heterocycles. The van der Waals surface area contributed by atoms with Crippen molar-refractivity contribution in [3.63, 3.8) is 0 Å². The summed E-state index contributed by atoms with van der Waals surface area (Å²) in [7, 11) is -4.22. The van der Waals surface area contributed by atoms with Crippen molar-refractivity contribution in [1.29, 1.82) is 0 Å². The van der Waals surface area contributed by atoms with Crippen molar-refractivity contribution in [3.05, 3.63) is 47.9 Å². The van der Waals surface area contributed by atoms with Gasteiger partial charge in [0, 0.05) is 0 Å². The van der Waals surface area contributed by atoms with Crippen molar-refractivity contribution in [2.24, 2.45) is 5.14 Å². The molecule has 0 saturated carbocycles. The van der Waals surface area contributed by atoms with Crippen molar-refractivity contribution in [3.8, 4) is 0 Å². The number of nitrogens with two attached hydrogens (primary N) is 1. The molecule has 0 unspecified atom stereocenters. The van der Waals surface area contributed by atoms with Crippen LogP contribution in [0.2, 0.25) is 0 Å². The highest BCUT2D eigenvalue weighted by Crippen LogP contribution is 2.36. The molecule has 13 heteroatoms. The third kappa shape index (κ3) is 3.83. The van der Waals surface area contributed by atoms with Crippen LogP contribution in [0.5, 0.6) is 0 Å². The fraction of sp³-hybridized carbons (Fsp3) is 0.421. The van der Waals surface area contributed by atoms with E-state index in [1.54, 1.807) is 0 Å². The molecule has 12 nitrogen and oxygen atoms in total. The number of aryl methyl sites for hydroxylation is 1. The predicted molar refractivity (Wildman–Crippen MR) is 111 cm³/mol. The number of benzene rings is 1. The summed E-state index contributed by atoms with van der Waals surface area (Å²) < 4.78 is 33.8. The molecule has 3 heterocycles. The van der Waals surface area contributed by atoms with Gasteiger partial charge in [-0.05, 0) is 24.0 Å². The number of aliphatic hydroxyl groups excluding tert-OH is 2. The van der Waals surface area contributed by atoms with Crippen molar-refractivity contribution >= 4 is 27.2 Å². The number of aliphatic hydroxyl groups is 2. The number of fused-ring (bicyclic) bond motifs is 2. The van der Waals surface area contributed by atoms with E-state index in [-0.39, 0.29) is 6.04 Å². The smallest absolute Gasteiger partial charge is 0.333 e. The third-order valence-corrected chi connectivity index (χ3v) is 6.31. The Morgan fingerprint density at radius 2 is 2.09 bits per heavy atom. The van der Waals surface area contributed by atoms with Crippen LogP contribution in [0, 0.1) is 0 Å². The van der Waals surface area contributed by atoms with E-state index >= 15 is 0 Å². The quantitative estimate of drug-likeness (QED) is 0.383. The average Bonchev–Trinajstić information content (AvgIpc) is 3.44. The first-order chi connectivity index (χ1) is 15.3. The fourth-order valence-electron chi connectivity index (χ4n) is 4.30. The van der Waals surface area contributed by atoms with Crippen LogP contribution in [-0.4, -0.2) is 63.3 Å². The van der Waals surface area contributed by atoms with E-state index in [9.17, 15) is 18.6 Å². The first kappa shape index (κ1) is 21.2. The van der Waals surface area contributed by atoms with Crippen molar-refractivity contribution in [2.75, 3.05) is 11.9 Å². The summed E-state index contributed by atoms with van der Waals surface area (Å²) in [4.78, 5) is 4.41. The van der Waals surface area contributed by atoms with Gasteiger partial charge in [-0.25, -0.2) is 10.1 Å². The van der Waals surface area contributed by atoms with Gasteiger partial charge in [0.05, 0.1) is 30.7 Å². The largest absolute Gasteiger partial charge is 0.387 e. The summed E-state index contributed by atoms with van der Waals surface area (Å²) in [6.45, 7) is -0.534. The van der Waals surface area contributed by atoms with Gasteiger partial charge in [0.15, 0.2) is 12.0 Å². The molecule has 2 aromatic heterocycles. The van der Waals surface area contributed by atoms with Crippen LogP contribution in [0.25, 0.3) is 11.0 Å². The number of aromatic nitrogens is 4. The highest BCUT2D eigenvalue weighted by atomic mass is 32.2. The van der Waals surface area contributed by atoms with Gasteiger partial charge in [-0.2, -0.15) is 13.5 Å². The summed E-state index contributed by atoms with van der Waals surface area (Å²) in [6, 6.07) is 8.29. The molecule has 32 heavy (non-hydrogen) atoms. The van der Waals surface area contributed by atoms with Gasteiger partial charge in [0.1, 0.15) is 23.8 Å². The Morgan fingerprint density at radius 3 is 2.91 bits per heavy atom. The zero-order valence-corrected chi connectivity index (χ0v) is 17.6. The van der Waals surface area contributed by atoms with Crippen molar-refractivity contribution in [2.45, 2.75) is 43.4 Å². The Labute approximate surface area is 183 Å². The lowest BCUT2D eigenvalue weighted by Gasteiger charge is -2.17. The Balaban J connectivity index is 1.40. The van der Waals surface area contributed by atoms with Gasteiger partial charge >= 0.3 is 10.3 Å². The second-order valence-corrected chi connectivity index (χ2v) is 9.06. The van der Waals surface area contributed by atoms with Crippen LogP contribution in [0.4, 0.5) is 5.82 Å². The van der Waals surface area contributed by atoms with E-state index in [1.807, 2.05) is 12.1 Å². The highest BCUT2D eigenvalue weighted by Gasteiger charge is 2.44. The Kier molecular flexibility index (Phi) is 5.31. The molecule has 5 N–H and O–H groups in total. The van der Waals surface area contributed by atoms with Gasteiger partial charge in [0.25, 0.3) is 0 Å². The SMILES string of the molecule is NS(=O)(=O)OC[C@H]1O[C@@H](n2cnc3c(N[C@H]4CCc5ccccc54)nncc32)[C@H](O)[C@@H]1O. The molecule has 1 aromatic carbocycles. The van der Waals surface area contributed by atoms with Crippen LogP contribution < -0.4 is 10.5 Å². The monoisotopic (exact) mass is 462 g/mol. The molecule has 0 radical (unpaired) electrons. The van der Waals surface area contributed by atoms with Crippen LogP contribution in [0.3, 0.4) is 0 Å². The van der Waals surface area contributed by atoms with E-state index < -0.39 is 41.5 Å². The van der Waals surface area contributed by atoms with Crippen molar-refractivity contribution < 1.29 is 27.6 Å². The molecule has 1 saturated heterocycles. The maximum absolute atomic E-state index is 11.0. The number of rotatable bonds is 6. The summed E-state index contributed by atoms with van der Waals surface area (Å²) in [5.41, 5.74) is 3.55. The van der Waals surface area contributed by atoms with Gasteiger partial charge in [-0.15, -0.1) is 5.10 Å². The lowest BCUT2D eigenvalue weighted by Crippen LogP contribution is -2.35. The van der Waals surface area contributed by atoms with Crippen LogP contribution in [-0.2, 0) is 25.6 Å². The number of nitrogens with one attached hydrogen (secondary N) is 1. The van der Waals surface area contributed by atoms with E-state index in [1.165, 1.54) is 28.2 Å². The zero-order chi connectivity index (χ0) is 22.5. The number of hydrogen-bond acceptors (Lipinski definition) is 10. The molecule has 170 valence electrons. The predicted octanol–water partition coefficient (Wildman–Crippen LogP) is -0.235. The lowest BCUT2D eigenvalue weighted by molar-refractivity contribution is -0.0465. The number of imidazole rings is 1. The minimum Gasteiger partial charge on any atom is -0.387 e. The topological polar surface area (TPSA) is 175 Å². The lowest BCUT2D eigenvalue weighted by atomic mass is 10.1. The Morgan fingerprint density at radius 1 is 1.28 bits per heavy atom. The van der Waals surface area contributed by atoms with E-state index in [4.69, 9.17) is 9.88 Å². The zero-order valence-electron chi connectivity index (χ0n) is 16.8. The number of anilines is 1. The van der Waals surface area contributed by atoms with Crippen molar-refractivity contribution in [1.82, 2.24) is 19.7 Å². The van der Waals surface area contributed by atoms with Crippen LogP contribution in [0.1, 0.15) is 29.8 Å².